The third-order valence-corrected chi connectivity index (χ3v) is 6.64. The normalized spacial score (nSPS) is 17.1. The molecule has 1 saturated heterocycles. The number of alkyl halides is 3. The molecule has 3 aromatic rings. The Morgan fingerprint density at radius 2 is 1.89 bits per heavy atom. The summed E-state index contributed by atoms with van der Waals surface area (Å²) in [5.74, 6) is 1.49. The molecule has 186 valence electrons. The maximum absolute atomic E-state index is 13.7. The molecule has 0 amide bonds. The average molecular weight is 511 g/mol. The predicted octanol–water partition coefficient (Wildman–Crippen LogP) is 4.73. The molecule has 0 bridgehead atoms. The number of hydrogen-bond donors (Lipinski definition) is 0. The van der Waals surface area contributed by atoms with E-state index in [1.54, 1.807) is 18.2 Å². The van der Waals surface area contributed by atoms with Gasteiger partial charge in [0.05, 0.1) is 32.1 Å². The lowest BCUT2D eigenvalue weighted by Crippen LogP contribution is -2.34. The van der Waals surface area contributed by atoms with Gasteiger partial charge in [-0.25, -0.2) is 9.37 Å². The van der Waals surface area contributed by atoms with E-state index < -0.39 is 18.5 Å². The van der Waals surface area contributed by atoms with E-state index in [0.717, 1.165) is 30.6 Å². The summed E-state index contributed by atoms with van der Waals surface area (Å²) in [6, 6.07) is 6.82. The Balaban J connectivity index is 1.42. The van der Waals surface area contributed by atoms with Gasteiger partial charge in [0.2, 0.25) is 0 Å². The number of halogens is 5. The highest BCUT2D eigenvalue weighted by Crippen LogP contribution is 2.35. The van der Waals surface area contributed by atoms with E-state index in [1.807, 2.05) is 10.6 Å². The molecule has 0 unspecified atom stereocenters. The molecular formula is C23H23ClF4N6O. The molecule has 0 N–H and O–H groups in total. The number of aromatic nitrogens is 4. The Morgan fingerprint density at radius 3 is 2.60 bits per heavy atom. The van der Waals surface area contributed by atoms with Gasteiger partial charge in [-0.3, -0.25) is 9.47 Å². The van der Waals surface area contributed by atoms with Crippen LogP contribution in [0.1, 0.15) is 36.0 Å². The minimum absolute atomic E-state index is 0.0248. The van der Waals surface area contributed by atoms with Crippen LogP contribution in [0.15, 0.2) is 30.5 Å². The third kappa shape index (κ3) is 4.92. The molecule has 0 saturated carbocycles. The summed E-state index contributed by atoms with van der Waals surface area (Å²) in [6.07, 6.45) is -1.72. The van der Waals surface area contributed by atoms with Crippen molar-refractivity contribution < 1.29 is 22.3 Å². The van der Waals surface area contributed by atoms with Gasteiger partial charge in [0.15, 0.2) is 17.4 Å². The monoisotopic (exact) mass is 510 g/mol. The first-order valence-corrected chi connectivity index (χ1v) is 11.6. The molecule has 2 aliphatic heterocycles. The van der Waals surface area contributed by atoms with Gasteiger partial charge in [-0.15, -0.1) is 10.2 Å². The summed E-state index contributed by atoms with van der Waals surface area (Å²) in [4.78, 5) is 7.55. The van der Waals surface area contributed by atoms with E-state index in [1.165, 1.54) is 12.0 Å². The van der Waals surface area contributed by atoms with Crippen molar-refractivity contribution in [2.45, 2.75) is 38.0 Å². The summed E-state index contributed by atoms with van der Waals surface area (Å²) < 4.78 is 60.3. The van der Waals surface area contributed by atoms with Crippen LogP contribution in [0, 0.1) is 5.82 Å². The first-order valence-electron chi connectivity index (χ1n) is 11.2. The van der Waals surface area contributed by atoms with Crippen molar-refractivity contribution in [3.05, 3.63) is 58.5 Å². The van der Waals surface area contributed by atoms with Crippen LogP contribution in [-0.4, -0.2) is 57.6 Å². The molecule has 0 spiro atoms. The van der Waals surface area contributed by atoms with Crippen LogP contribution in [0.3, 0.4) is 0 Å². The number of nitrogens with zero attached hydrogens (tertiary/aromatic N) is 6. The number of rotatable bonds is 4. The fourth-order valence-electron chi connectivity index (χ4n) is 4.83. The van der Waals surface area contributed by atoms with E-state index in [0.29, 0.717) is 35.3 Å². The number of fused-ring (bicyclic) bond motifs is 3. The second-order valence-electron chi connectivity index (χ2n) is 8.78. The van der Waals surface area contributed by atoms with Crippen molar-refractivity contribution in [2.75, 3.05) is 31.6 Å². The van der Waals surface area contributed by atoms with E-state index in [2.05, 4.69) is 20.1 Å². The van der Waals surface area contributed by atoms with Crippen molar-refractivity contribution >= 4 is 17.4 Å². The molecule has 2 aliphatic rings. The molecule has 1 fully saturated rings. The Labute approximate surface area is 204 Å². The number of methoxy groups -OCH3 is 1. The zero-order chi connectivity index (χ0) is 24.7. The fourth-order valence-corrected chi connectivity index (χ4v) is 5.02. The Hall–Kier alpha value is -2.92. The molecule has 0 aliphatic carbocycles. The van der Waals surface area contributed by atoms with Gasteiger partial charge in [0, 0.05) is 36.6 Å². The highest BCUT2D eigenvalue weighted by atomic mass is 35.5. The van der Waals surface area contributed by atoms with Crippen molar-refractivity contribution in [3.63, 3.8) is 0 Å². The van der Waals surface area contributed by atoms with Crippen LogP contribution in [0.5, 0.6) is 5.75 Å². The molecule has 1 aromatic carbocycles. The van der Waals surface area contributed by atoms with Gasteiger partial charge in [0.25, 0.3) is 0 Å². The molecule has 0 radical (unpaired) electrons. The second kappa shape index (κ2) is 9.27. The molecule has 0 atom stereocenters. The van der Waals surface area contributed by atoms with E-state index >= 15 is 0 Å². The summed E-state index contributed by atoms with van der Waals surface area (Å²) in [7, 11) is 1.41. The van der Waals surface area contributed by atoms with Crippen molar-refractivity contribution in [1.29, 1.82) is 0 Å². The zero-order valence-corrected chi connectivity index (χ0v) is 19.7. The van der Waals surface area contributed by atoms with Crippen molar-refractivity contribution in [1.82, 2.24) is 24.6 Å². The number of pyridine rings is 1. The SMILES string of the molecule is COc1cc(N2CCC(c3nnc4n3-c3ccc(Cl)cc3CN(CC(F)(F)F)C4)CC2)ncc1F. The lowest BCUT2D eigenvalue weighted by Gasteiger charge is -2.32. The van der Waals surface area contributed by atoms with Crippen LogP contribution in [0.4, 0.5) is 23.4 Å². The highest BCUT2D eigenvalue weighted by Gasteiger charge is 2.35. The largest absolute Gasteiger partial charge is 0.493 e. The molecule has 2 aromatic heterocycles. The summed E-state index contributed by atoms with van der Waals surface area (Å²) in [6.45, 7) is 0.393. The average Bonchev–Trinajstić information content (AvgIpc) is 3.15. The fraction of sp³-hybridized carbons (Fsp3) is 0.435. The number of hydrogen-bond acceptors (Lipinski definition) is 6. The first kappa shape index (κ1) is 23.8. The van der Waals surface area contributed by atoms with E-state index in [9.17, 15) is 17.6 Å². The number of benzene rings is 1. The number of ether oxygens (including phenoxy) is 1. The van der Waals surface area contributed by atoms with Gasteiger partial charge < -0.3 is 9.64 Å². The maximum atomic E-state index is 13.7. The van der Waals surface area contributed by atoms with Gasteiger partial charge >= 0.3 is 6.18 Å². The maximum Gasteiger partial charge on any atom is 0.401 e. The number of piperidine rings is 1. The molecular weight excluding hydrogens is 488 g/mol. The van der Waals surface area contributed by atoms with Gasteiger partial charge in [-0.05, 0) is 36.6 Å². The minimum atomic E-state index is -4.33. The van der Waals surface area contributed by atoms with Crippen LogP contribution in [0.2, 0.25) is 5.02 Å². The third-order valence-electron chi connectivity index (χ3n) is 6.41. The van der Waals surface area contributed by atoms with Crippen molar-refractivity contribution in [3.8, 4) is 11.4 Å². The van der Waals surface area contributed by atoms with Gasteiger partial charge in [0.1, 0.15) is 11.6 Å². The zero-order valence-electron chi connectivity index (χ0n) is 18.9. The van der Waals surface area contributed by atoms with E-state index in [4.69, 9.17) is 16.3 Å². The topological polar surface area (TPSA) is 59.3 Å². The van der Waals surface area contributed by atoms with E-state index in [-0.39, 0.29) is 24.8 Å². The van der Waals surface area contributed by atoms with Crippen LogP contribution >= 0.6 is 11.6 Å². The number of anilines is 1. The van der Waals surface area contributed by atoms with Crippen LogP contribution in [0.25, 0.3) is 5.69 Å². The molecule has 5 rings (SSSR count). The first-order chi connectivity index (χ1) is 16.7. The molecule has 4 heterocycles. The Bertz CT molecular complexity index is 1230. The van der Waals surface area contributed by atoms with Crippen LogP contribution in [-0.2, 0) is 13.1 Å². The highest BCUT2D eigenvalue weighted by molar-refractivity contribution is 6.30. The Kier molecular flexibility index (Phi) is 6.30. The second-order valence-corrected chi connectivity index (χ2v) is 9.22. The minimum Gasteiger partial charge on any atom is -0.493 e. The van der Waals surface area contributed by atoms with Crippen LogP contribution < -0.4 is 9.64 Å². The Morgan fingerprint density at radius 1 is 1.11 bits per heavy atom. The summed E-state index contributed by atoms with van der Waals surface area (Å²) in [5.41, 5.74) is 1.45. The summed E-state index contributed by atoms with van der Waals surface area (Å²) >= 11 is 6.18. The quantitative estimate of drug-likeness (QED) is 0.473. The lowest BCUT2D eigenvalue weighted by molar-refractivity contribution is -0.148. The van der Waals surface area contributed by atoms with Gasteiger partial charge in [-0.2, -0.15) is 13.2 Å². The molecule has 35 heavy (non-hydrogen) atoms. The molecule has 7 nitrogen and oxygen atoms in total. The smallest absolute Gasteiger partial charge is 0.401 e. The standard InChI is InChI=1S/C23H23ClF4N6O/c1-35-19-9-20(29-10-17(19)25)33-6-4-14(5-7-33)22-31-30-21-12-32(13-23(26,27)28)11-15-8-16(24)2-3-18(15)34(21)22/h2-3,8-10,14H,4-7,11-13H2,1H3. The van der Waals surface area contributed by atoms with Crippen molar-refractivity contribution in [2.24, 2.45) is 0 Å². The molecule has 12 heteroatoms. The predicted molar refractivity (Wildman–Crippen MR) is 121 cm³/mol. The summed E-state index contributed by atoms with van der Waals surface area (Å²) in [5, 5.41) is 9.17. The van der Waals surface area contributed by atoms with Gasteiger partial charge in [-0.1, -0.05) is 11.6 Å². The lowest BCUT2D eigenvalue weighted by atomic mass is 9.95.